The van der Waals surface area contributed by atoms with Crippen molar-refractivity contribution in [2.45, 2.75) is 9.79 Å². The molecule has 0 aliphatic carbocycles. The number of fused-ring (bicyclic) bond motifs is 3. The number of carbonyl (C=O) groups is 1. The number of nitrogens with one attached hydrogen (secondary N) is 1. The van der Waals surface area contributed by atoms with Gasteiger partial charge in [0.2, 0.25) is 0 Å². The molecular formula is C18H13N3OS2. The Labute approximate surface area is 148 Å². The first kappa shape index (κ1) is 15.2. The number of carbonyl (C=O) groups excluding carboxylic acids is 1. The van der Waals surface area contributed by atoms with Gasteiger partial charge in [-0.15, -0.1) is 11.8 Å². The summed E-state index contributed by atoms with van der Waals surface area (Å²) in [7, 11) is 0. The third-order valence-corrected chi connectivity index (χ3v) is 5.60. The van der Waals surface area contributed by atoms with Gasteiger partial charge in [-0.2, -0.15) is 4.99 Å². The van der Waals surface area contributed by atoms with Gasteiger partial charge < -0.3 is 0 Å². The number of amides is 1. The minimum atomic E-state index is -0.361. The van der Waals surface area contributed by atoms with Gasteiger partial charge in [0.1, 0.15) is 5.84 Å². The molecule has 0 spiro atoms. The van der Waals surface area contributed by atoms with E-state index in [0.717, 1.165) is 21.0 Å². The number of aliphatic imine (C=N–C) groups is 1. The second-order valence-electron chi connectivity index (χ2n) is 5.28. The van der Waals surface area contributed by atoms with E-state index in [0.29, 0.717) is 10.7 Å². The lowest BCUT2D eigenvalue weighted by molar-refractivity contribution is -0.113. The highest BCUT2D eigenvalue weighted by atomic mass is 32.2. The van der Waals surface area contributed by atoms with Gasteiger partial charge in [-0.05, 0) is 53.9 Å². The van der Waals surface area contributed by atoms with E-state index in [1.165, 1.54) is 11.8 Å². The van der Waals surface area contributed by atoms with Gasteiger partial charge in [0.25, 0.3) is 5.91 Å². The number of hydrogen-bond acceptors (Lipinski definition) is 4. The number of benzene rings is 2. The van der Waals surface area contributed by atoms with Crippen molar-refractivity contribution >= 4 is 52.2 Å². The van der Waals surface area contributed by atoms with Gasteiger partial charge in [-0.1, -0.05) is 24.3 Å². The number of anilines is 1. The molecule has 0 unspecified atom stereocenters. The van der Waals surface area contributed by atoms with Crippen LogP contribution >= 0.6 is 23.5 Å². The average molecular weight is 351 g/mol. The molecule has 4 rings (SSSR count). The zero-order chi connectivity index (χ0) is 16.7. The third kappa shape index (κ3) is 2.48. The maximum absolute atomic E-state index is 12.4. The summed E-state index contributed by atoms with van der Waals surface area (Å²) in [5, 5.41) is 9.06. The van der Waals surface area contributed by atoms with E-state index in [1.54, 1.807) is 22.7 Å². The number of thioether (sulfide) groups is 2. The van der Waals surface area contributed by atoms with Crippen LogP contribution in [0.5, 0.6) is 0 Å². The Hall–Kier alpha value is -2.31. The Morgan fingerprint density at radius 2 is 1.92 bits per heavy atom. The number of rotatable bonds is 2. The lowest BCUT2D eigenvalue weighted by Crippen LogP contribution is -2.39. The summed E-state index contributed by atoms with van der Waals surface area (Å²) in [6.45, 7) is 0. The zero-order valence-corrected chi connectivity index (χ0v) is 14.4. The predicted molar refractivity (Wildman–Crippen MR) is 101 cm³/mol. The lowest BCUT2D eigenvalue weighted by Gasteiger charge is -2.24. The van der Waals surface area contributed by atoms with Crippen molar-refractivity contribution in [3.05, 3.63) is 59.7 Å². The normalized spacial score (nSPS) is 17.8. The number of amidine groups is 2. The first-order valence-electron chi connectivity index (χ1n) is 7.32. The van der Waals surface area contributed by atoms with Crippen LogP contribution in [0.1, 0.15) is 5.56 Å². The van der Waals surface area contributed by atoms with Gasteiger partial charge in [0.15, 0.2) is 5.17 Å². The van der Waals surface area contributed by atoms with Crippen molar-refractivity contribution in [1.29, 1.82) is 5.41 Å². The van der Waals surface area contributed by atoms with Gasteiger partial charge in [0.05, 0.1) is 11.3 Å². The van der Waals surface area contributed by atoms with Gasteiger partial charge in [0, 0.05) is 9.79 Å². The summed E-state index contributed by atoms with van der Waals surface area (Å²) in [5.41, 5.74) is 2.11. The van der Waals surface area contributed by atoms with E-state index in [1.807, 2.05) is 54.8 Å². The minimum absolute atomic E-state index is 0.177. The fourth-order valence-electron chi connectivity index (χ4n) is 2.63. The molecule has 1 amide bonds. The van der Waals surface area contributed by atoms with E-state index < -0.39 is 0 Å². The molecule has 4 nitrogen and oxygen atoms in total. The van der Waals surface area contributed by atoms with E-state index in [4.69, 9.17) is 5.41 Å². The van der Waals surface area contributed by atoms with Crippen molar-refractivity contribution in [3.8, 4) is 0 Å². The summed E-state index contributed by atoms with van der Waals surface area (Å²) in [6.07, 6.45) is 3.76. The van der Waals surface area contributed by atoms with Crippen LogP contribution in [0.3, 0.4) is 0 Å². The number of hydrogen-bond donors (Lipinski definition) is 1. The smallest absolute Gasteiger partial charge is 0.283 e. The Bertz CT molecular complexity index is 916. The maximum Gasteiger partial charge on any atom is 0.283 e. The summed E-state index contributed by atoms with van der Waals surface area (Å²) >= 11 is 3.09. The number of nitrogens with zero attached hydrogens (tertiary/aromatic N) is 2. The highest BCUT2D eigenvalue weighted by molar-refractivity contribution is 8.15. The van der Waals surface area contributed by atoms with Crippen LogP contribution < -0.4 is 4.90 Å². The van der Waals surface area contributed by atoms with Crippen LogP contribution in [0.15, 0.2) is 68.9 Å². The third-order valence-electron chi connectivity index (χ3n) is 3.83. The fraction of sp³-hybridized carbons (Fsp3) is 0.0556. The topological polar surface area (TPSA) is 56.5 Å². The Balaban J connectivity index is 1.75. The largest absolute Gasteiger partial charge is 0.283 e. The van der Waals surface area contributed by atoms with Crippen LogP contribution in [0.4, 0.5) is 5.69 Å². The molecule has 24 heavy (non-hydrogen) atoms. The molecular weight excluding hydrogens is 338 g/mol. The molecule has 0 fully saturated rings. The van der Waals surface area contributed by atoms with E-state index in [2.05, 4.69) is 4.99 Å². The molecule has 2 aromatic rings. The maximum atomic E-state index is 12.4. The zero-order valence-electron chi connectivity index (χ0n) is 12.8. The fourth-order valence-corrected chi connectivity index (χ4v) is 4.05. The Kier molecular flexibility index (Phi) is 3.78. The van der Waals surface area contributed by atoms with Crippen LogP contribution in [-0.4, -0.2) is 23.2 Å². The highest BCUT2D eigenvalue weighted by Crippen LogP contribution is 2.42. The first-order valence-corrected chi connectivity index (χ1v) is 9.36. The van der Waals surface area contributed by atoms with Crippen LogP contribution in [0.2, 0.25) is 0 Å². The summed E-state index contributed by atoms with van der Waals surface area (Å²) in [5.74, 6) is -0.183. The van der Waals surface area contributed by atoms with Gasteiger partial charge >= 0.3 is 0 Å². The van der Waals surface area contributed by atoms with Crippen molar-refractivity contribution in [1.82, 2.24) is 0 Å². The second-order valence-corrected chi connectivity index (χ2v) is 7.17. The second kappa shape index (κ2) is 5.96. The Morgan fingerprint density at radius 3 is 2.67 bits per heavy atom. The molecule has 0 bridgehead atoms. The van der Waals surface area contributed by atoms with Crippen LogP contribution in [0.25, 0.3) is 6.08 Å². The molecule has 0 atom stereocenters. The molecule has 0 saturated carbocycles. The van der Waals surface area contributed by atoms with E-state index >= 15 is 0 Å². The monoisotopic (exact) mass is 351 g/mol. The number of para-hydroxylation sites is 1. The summed E-state index contributed by atoms with van der Waals surface area (Å²) in [4.78, 5) is 20.5. The van der Waals surface area contributed by atoms with Crippen LogP contribution in [-0.2, 0) is 4.79 Å². The van der Waals surface area contributed by atoms with Crippen molar-refractivity contribution in [3.63, 3.8) is 0 Å². The molecule has 2 heterocycles. The SMILES string of the molecule is CSc1ccc(/C=C2\C(=N)N3C(=NC2=O)Sc2ccccc23)cc1. The molecule has 6 heteroatoms. The van der Waals surface area contributed by atoms with Crippen molar-refractivity contribution < 1.29 is 4.79 Å². The standard InChI is InChI=1S/C18H13N3OS2/c1-23-12-8-6-11(7-9-12)10-13-16(19)21-14-4-2-3-5-15(14)24-18(21)20-17(13)22/h2-10,19H,1H3/b13-10+,19-16?. The van der Waals surface area contributed by atoms with E-state index in [-0.39, 0.29) is 11.7 Å². The van der Waals surface area contributed by atoms with Gasteiger partial charge in [-0.3, -0.25) is 15.1 Å². The average Bonchev–Trinajstić information content (AvgIpc) is 2.97. The molecule has 0 aromatic heterocycles. The van der Waals surface area contributed by atoms with Crippen molar-refractivity contribution in [2.24, 2.45) is 4.99 Å². The summed E-state index contributed by atoms with van der Waals surface area (Å²) in [6, 6.07) is 15.7. The summed E-state index contributed by atoms with van der Waals surface area (Å²) < 4.78 is 0. The first-order chi connectivity index (χ1) is 11.7. The lowest BCUT2D eigenvalue weighted by atomic mass is 10.1. The van der Waals surface area contributed by atoms with Gasteiger partial charge in [-0.25, -0.2) is 0 Å². The highest BCUT2D eigenvalue weighted by Gasteiger charge is 2.37. The predicted octanol–water partition coefficient (Wildman–Crippen LogP) is 4.28. The molecule has 0 saturated heterocycles. The quantitative estimate of drug-likeness (QED) is 0.648. The van der Waals surface area contributed by atoms with Crippen LogP contribution in [0, 0.1) is 5.41 Å². The van der Waals surface area contributed by atoms with E-state index in [9.17, 15) is 4.79 Å². The molecule has 2 aromatic carbocycles. The Morgan fingerprint density at radius 1 is 1.17 bits per heavy atom. The molecule has 0 radical (unpaired) electrons. The molecule has 2 aliphatic rings. The molecule has 1 N–H and O–H groups in total. The molecule has 2 aliphatic heterocycles. The molecule has 118 valence electrons. The van der Waals surface area contributed by atoms with Crippen molar-refractivity contribution in [2.75, 3.05) is 11.2 Å². The minimum Gasteiger partial charge on any atom is -0.283 e.